The van der Waals surface area contributed by atoms with E-state index in [0.717, 1.165) is 64.7 Å². The lowest BCUT2D eigenvalue weighted by Crippen LogP contribution is -2.18. The number of aliphatic hydroxyl groups excluding tert-OH is 4. The van der Waals surface area contributed by atoms with Crippen molar-refractivity contribution in [3.05, 3.63) is 148 Å². The highest BCUT2D eigenvalue weighted by Gasteiger charge is 2.29. The normalized spacial score (nSPS) is 13.9. The Labute approximate surface area is 352 Å². The number of H-pyrrole nitrogens is 2. The van der Waals surface area contributed by atoms with Crippen LogP contribution in [0, 0.1) is 0 Å². The van der Waals surface area contributed by atoms with Gasteiger partial charge in [0.1, 0.15) is 18.8 Å². The lowest BCUT2D eigenvalue weighted by Gasteiger charge is -2.16. The molecule has 11 nitrogen and oxygen atoms in total. The molecular formula is C50H47N5O6. The summed E-state index contributed by atoms with van der Waals surface area (Å²) in [6, 6.07) is 31.2. The minimum absolute atomic E-state index is 0.117. The standard InChI is InChI=1S/C50H47N5O6/c1-2-3-4-15-33-37-18-20-41(51-37)48(45(58)26-56)43-24-22-39(53-43)47(40-23-25-44(54-40)49(46(59)27-57)42-21-19-38(33)52-42)34-16-9-10-17-36(34)55-50(60)61-28-35-31-13-7-5-11-29(31)30-12-6-8-14-32(30)35/h5-14,16-25,35,45-46,51,54,56-59H,2-4,15,26-28H2,1H3,(H,55,60). The molecule has 3 aliphatic rings. The molecule has 1 amide bonds. The molecule has 0 spiro atoms. The maximum atomic E-state index is 13.7. The van der Waals surface area contributed by atoms with Gasteiger partial charge in [0.25, 0.3) is 0 Å². The smallest absolute Gasteiger partial charge is 0.411 e. The number of aliphatic hydroxyl groups is 4. The van der Waals surface area contributed by atoms with Gasteiger partial charge in [-0.2, -0.15) is 0 Å². The molecular weight excluding hydrogens is 767 g/mol. The van der Waals surface area contributed by atoms with Crippen molar-refractivity contribution in [2.75, 3.05) is 25.1 Å². The van der Waals surface area contributed by atoms with E-state index in [1.807, 2.05) is 85.0 Å². The van der Waals surface area contributed by atoms with Crippen LogP contribution in [0.1, 0.15) is 94.9 Å². The fourth-order valence-electron chi connectivity index (χ4n) is 8.84. The van der Waals surface area contributed by atoms with E-state index in [-0.39, 0.29) is 12.5 Å². The summed E-state index contributed by atoms with van der Waals surface area (Å²) in [7, 11) is 0. The number of hydrogen-bond donors (Lipinski definition) is 7. The summed E-state index contributed by atoms with van der Waals surface area (Å²) in [4.78, 5) is 30.9. The third kappa shape index (κ3) is 7.57. The molecule has 3 aromatic carbocycles. The lowest BCUT2D eigenvalue weighted by molar-refractivity contribution is 0.0962. The van der Waals surface area contributed by atoms with E-state index in [1.165, 1.54) is 0 Å². The SMILES string of the molecule is CCCCCc1c2nc(c(C(O)CO)c3ccc([nH]3)c(-c3ccccc3NC(=O)OCC3c4ccccc4-c4ccccc43)c3nc(c(C(O)CO)c4ccc1[nH]4)C=C3)C=C2. The number of hydrogen-bond acceptors (Lipinski definition) is 8. The zero-order valence-electron chi connectivity index (χ0n) is 33.7. The zero-order valence-corrected chi connectivity index (χ0v) is 33.7. The second-order valence-electron chi connectivity index (χ2n) is 15.5. The van der Waals surface area contributed by atoms with Crippen molar-refractivity contribution in [3.63, 3.8) is 0 Å². The van der Waals surface area contributed by atoms with Crippen molar-refractivity contribution in [1.29, 1.82) is 0 Å². The molecule has 7 N–H and O–H groups in total. The Kier molecular flexibility index (Phi) is 11.2. The number of carbonyl (C=O) groups excluding carboxylic acids is 1. The number of ether oxygens (including phenoxy) is 1. The highest BCUT2D eigenvalue weighted by atomic mass is 16.5. The van der Waals surface area contributed by atoms with Gasteiger partial charge in [-0.05, 0) is 89.7 Å². The number of aromatic nitrogens is 4. The van der Waals surface area contributed by atoms with Gasteiger partial charge in [0.2, 0.25) is 0 Å². The van der Waals surface area contributed by atoms with Gasteiger partial charge in [-0.3, -0.25) is 5.32 Å². The summed E-state index contributed by atoms with van der Waals surface area (Å²) in [5, 5.41) is 46.3. The molecule has 2 unspecified atom stereocenters. The van der Waals surface area contributed by atoms with E-state index in [1.54, 1.807) is 12.1 Å². The van der Waals surface area contributed by atoms with E-state index >= 15 is 0 Å². The summed E-state index contributed by atoms with van der Waals surface area (Å²) in [5.41, 5.74) is 12.7. The van der Waals surface area contributed by atoms with E-state index in [0.29, 0.717) is 61.6 Å². The molecule has 308 valence electrons. The number of para-hydroxylation sites is 1. The molecule has 61 heavy (non-hydrogen) atoms. The topological polar surface area (TPSA) is 177 Å². The number of benzene rings is 3. The van der Waals surface area contributed by atoms with E-state index in [2.05, 4.69) is 46.5 Å². The van der Waals surface area contributed by atoms with Crippen LogP contribution in [0.3, 0.4) is 0 Å². The van der Waals surface area contributed by atoms with Gasteiger partial charge >= 0.3 is 6.09 Å². The van der Waals surface area contributed by atoms with Crippen molar-refractivity contribution in [2.24, 2.45) is 0 Å². The summed E-state index contributed by atoms with van der Waals surface area (Å²) < 4.78 is 5.97. The van der Waals surface area contributed by atoms with Gasteiger partial charge in [-0.1, -0.05) is 86.5 Å². The second-order valence-corrected chi connectivity index (χ2v) is 15.5. The van der Waals surface area contributed by atoms with Crippen molar-refractivity contribution >= 4 is 58.2 Å². The number of nitrogens with zero attached hydrogens (tertiary/aromatic N) is 2. The van der Waals surface area contributed by atoms with Crippen LogP contribution in [0.4, 0.5) is 10.5 Å². The molecule has 1 aliphatic carbocycles. The number of anilines is 1. The predicted octanol–water partition coefficient (Wildman–Crippen LogP) is 9.47. The Morgan fingerprint density at radius 2 is 1.18 bits per heavy atom. The first-order chi connectivity index (χ1) is 29.9. The first kappa shape index (κ1) is 39.8. The first-order valence-corrected chi connectivity index (χ1v) is 20.8. The summed E-state index contributed by atoms with van der Waals surface area (Å²) >= 11 is 0. The van der Waals surface area contributed by atoms with Gasteiger partial charge in [0.15, 0.2) is 0 Å². The average Bonchev–Trinajstić information content (AvgIpc) is 4.15. The third-order valence-corrected chi connectivity index (χ3v) is 11.8. The number of aromatic amines is 2. The van der Waals surface area contributed by atoms with Crippen LogP contribution in [0.2, 0.25) is 0 Å². The maximum Gasteiger partial charge on any atom is 0.411 e. The summed E-state index contributed by atoms with van der Waals surface area (Å²) in [5.74, 6) is -0.117. The van der Waals surface area contributed by atoms with E-state index < -0.39 is 31.5 Å². The molecule has 8 bridgehead atoms. The number of rotatable bonds is 12. The number of amides is 1. The molecule has 0 fully saturated rings. The van der Waals surface area contributed by atoms with Crippen molar-refractivity contribution in [3.8, 4) is 22.3 Å². The van der Waals surface area contributed by atoms with Crippen molar-refractivity contribution < 1.29 is 30.0 Å². The largest absolute Gasteiger partial charge is 0.448 e. The Morgan fingerprint density at radius 3 is 1.82 bits per heavy atom. The highest BCUT2D eigenvalue weighted by molar-refractivity contribution is 5.99. The molecule has 2 atom stereocenters. The van der Waals surface area contributed by atoms with E-state index in [9.17, 15) is 25.2 Å². The highest BCUT2D eigenvalue weighted by Crippen LogP contribution is 2.45. The Bertz CT molecular complexity index is 2820. The minimum atomic E-state index is -1.25. The van der Waals surface area contributed by atoms with Gasteiger partial charge < -0.3 is 35.1 Å². The lowest BCUT2D eigenvalue weighted by atomic mass is 9.98. The molecule has 11 heteroatoms. The summed E-state index contributed by atoms with van der Waals surface area (Å²) in [6.45, 7) is 1.24. The molecule has 5 heterocycles. The number of fused-ring (bicyclic) bond motifs is 11. The number of unbranched alkanes of at least 4 members (excludes halogenated alkanes) is 2. The zero-order chi connectivity index (χ0) is 42.0. The van der Waals surface area contributed by atoms with Crippen LogP contribution in [0.15, 0.2) is 97.1 Å². The average molecular weight is 814 g/mol. The Morgan fingerprint density at radius 1 is 0.656 bits per heavy atom. The number of carbonyl (C=O) groups is 1. The van der Waals surface area contributed by atoms with Crippen LogP contribution in [0.25, 0.3) is 68.6 Å². The fraction of sp³-hybridized carbons (Fsp3) is 0.220. The molecule has 2 aliphatic heterocycles. The second kappa shape index (κ2) is 17.2. The quantitative estimate of drug-likeness (QED) is 0.0597. The van der Waals surface area contributed by atoms with Crippen LogP contribution in [-0.2, 0) is 11.2 Å². The first-order valence-electron chi connectivity index (χ1n) is 20.8. The van der Waals surface area contributed by atoms with Gasteiger partial charge in [-0.15, -0.1) is 0 Å². The number of aryl methyl sites for hydroxylation is 1. The van der Waals surface area contributed by atoms with Crippen LogP contribution in [-0.4, -0.2) is 66.3 Å². The Balaban J connectivity index is 1.20. The van der Waals surface area contributed by atoms with Gasteiger partial charge in [-0.25, -0.2) is 14.8 Å². The summed E-state index contributed by atoms with van der Waals surface area (Å²) in [6.07, 6.45) is 8.01. The van der Waals surface area contributed by atoms with Crippen molar-refractivity contribution in [1.82, 2.24) is 19.9 Å². The maximum absolute atomic E-state index is 13.7. The van der Waals surface area contributed by atoms with Gasteiger partial charge in [0, 0.05) is 55.8 Å². The third-order valence-electron chi connectivity index (χ3n) is 11.8. The van der Waals surface area contributed by atoms with E-state index in [4.69, 9.17) is 14.7 Å². The molecule has 0 saturated carbocycles. The van der Waals surface area contributed by atoms with Crippen LogP contribution in [0.5, 0.6) is 0 Å². The van der Waals surface area contributed by atoms with Crippen molar-refractivity contribution in [2.45, 2.75) is 50.7 Å². The molecule has 0 radical (unpaired) electrons. The minimum Gasteiger partial charge on any atom is -0.448 e. The van der Waals surface area contributed by atoms with Crippen LogP contribution < -0.4 is 5.32 Å². The molecule has 6 aromatic rings. The molecule has 9 rings (SSSR count). The Hall–Kier alpha value is -6.63. The fourth-order valence-corrected chi connectivity index (χ4v) is 8.84. The monoisotopic (exact) mass is 813 g/mol. The molecule has 0 saturated heterocycles. The number of nitrogens with one attached hydrogen (secondary N) is 3. The molecule has 3 aromatic heterocycles. The van der Waals surface area contributed by atoms with Gasteiger partial charge in [0.05, 0.1) is 41.7 Å². The van der Waals surface area contributed by atoms with Crippen LogP contribution >= 0.6 is 0 Å². The predicted molar refractivity (Wildman–Crippen MR) is 240 cm³/mol.